The molecule has 0 aliphatic heterocycles. The summed E-state index contributed by atoms with van der Waals surface area (Å²) in [6.45, 7) is 3.10. The van der Waals surface area contributed by atoms with Crippen LogP contribution in [-0.4, -0.2) is 12.4 Å². The molecule has 0 unspecified atom stereocenters. The summed E-state index contributed by atoms with van der Waals surface area (Å²) in [4.78, 5) is 0. The highest BCUT2D eigenvalue weighted by atomic mass is 15.1. The monoisotopic (exact) mass is 192 g/mol. The largest absolute Gasteiger partial charge is 0.385 e. The van der Waals surface area contributed by atoms with Crippen LogP contribution in [-0.2, 0) is 0 Å². The first-order valence-corrected chi connectivity index (χ1v) is 4.65. The number of hydrazone groups is 1. The molecule has 4 heteroatoms. The summed E-state index contributed by atoms with van der Waals surface area (Å²) in [5.41, 5.74) is 7.47. The maximum absolute atomic E-state index is 5.55. The second kappa shape index (κ2) is 5.11. The number of nitrogens with two attached hydrogens (primary N) is 2. The van der Waals surface area contributed by atoms with Crippen LogP contribution in [0.4, 0.5) is 5.69 Å². The molecule has 0 aliphatic rings. The van der Waals surface area contributed by atoms with E-state index in [-0.39, 0.29) is 0 Å². The summed E-state index contributed by atoms with van der Waals surface area (Å²) in [7, 11) is 0. The summed E-state index contributed by atoms with van der Waals surface area (Å²) in [6, 6.07) is 7.71. The van der Waals surface area contributed by atoms with E-state index in [2.05, 4.69) is 17.3 Å². The lowest BCUT2D eigenvalue weighted by Gasteiger charge is -2.05. The molecule has 4 nitrogen and oxygen atoms in total. The molecule has 0 saturated heterocycles. The van der Waals surface area contributed by atoms with E-state index in [0.29, 0.717) is 5.84 Å². The van der Waals surface area contributed by atoms with E-state index in [1.165, 1.54) is 0 Å². The number of rotatable bonds is 4. The number of hydrogen-bond acceptors (Lipinski definition) is 3. The molecule has 0 aromatic heterocycles. The molecule has 1 rings (SSSR count). The quantitative estimate of drug-likeness (QED) is 0.289. The fourth-order valence-corrected chi connectivity index (χ4v) is 1.10. The summed E-state index contributed by atoms with van der Waals surface area (Å²) in [5, 5.41) is 6.69. The van der Waals surface area contributed by atoms with E-state index in [4.69, 9.17) is 11.6 Å². The second-order valence-electron chi connectivity index (χ2n) is 3.02. The predicted molar refractivity (Wildman–Crippen MR) is 60.1 cm³/mol. The SMILES string of the molecule is CCCNc1ccc(/C(N)=N/N)cc1. The molecule has 1 aromatic rings. The number of nitrogens with one attached hydrogen (secondary N) is 1. The van der Waals surface area contributed by atoms with E-state index < -0.39 is 0 Å². The Labute approximate surface area is 84.0 Å². The topological polar surface area (TPSA) is 76.4 Å². The van der Waals surface area contributed by atoms with Crippen molar-refractivity contribution in [1.29, 1.82) is 0 Å². The normalized spacial score (nSPS) is 11.4. The van der Waals surface area contributed by atoms with Crippen molar-refractivity contribution in [2.75, 3.05) is 11.9 Å². The Morgan fingerprint density at radius 1 is 1.36 bits per heavy atom. The van der Waals surface area contributed by atoms with Gasteiger partial charge in [-0.1, -0.05) is 6.92 Å². The van der Waals surface area contributed by atoms with Crippen molar-refractivity contribution in [2.24, 2.45) is 16.7 Å². The first-order valence-electron chi connectivity index (χ1n) is 4.65. The molecular weight excluding hydrogens is 176 g/mol. The highest BCUT2D eigenvalue weighted by Gasteiger charge is 1.97. The molecule has 5 N–H and O–H groups in total. The van der Waals surface area contributed by atoms with Crippen molar-refractivity contribution in [3.8, 4) is 0 Å². The van der Waals surface area contributed by atoms with Crippen LogP contribution in [0.15, 0.2) is 29.4 Å². The highest BCUT2D eigenvalue weighted by Crippen LogP contribution is 2.08. The zero-order valence-corrected chi connectivity index (χ0v) is 8.33. The van der Waals surface area contributed by atoms with E-state index in [9.17, 15) is 0 Å². The average molecular weight is 192 g/mol. The van der Waals surface area contributed by atoms with Gasteiger partial charge in [-0.15, -0.1) is 0 Å². The zero-order valence-electron chi connectivity index (χ0n) is 8.33. The molecule has 76 valence electrons. The Morgan fingerprint density at radius 2 is 2.00 bits per heavy atom. The Bertz CT molecular complexity index is 302. The molecule has 0 radical (unpaired) electrons. The van der Waals surface area contributed by atoms with Crippen LogP contribution in [0.1, 0.15) is 18.9 Å². The molecule has 14 heavy (non-hydrogen) atoms. The molecule has 0 atom stereocenters. The number of amidine groups is 1. The molecular formula is C10H16N4. The van der Waals surface area contributed by atoms with Gasteiger partial charge >= 0.3 is 0 Å². The lowest BCUT2D eigenvalue weighted by Crippen LogP contribution is -2.15. The Morgan fingerprint density at radius 3 is 2.50 bits per heavy atom. The lowest BCUT2D eigenvalue weighted by molar-refractivity contribution is 0.980. The molecule has 0 fully saturated rings. The van der Waals surface area contributed by atoms with Crippen LogP contribution in [0.3, 0.4) is 0 Å². The smallest absolute Gasteiger partial charge is 0.150 e. The van der Waals surface area contributed by atoms with Crippen LogP contribution in [0.5, 0.6) is 0 Å². The number of hydrogen-bond donors (Lipinski definition) is 3. The Hall–Kier alpha value is -1.71. The standard InChI is InChI=1S/C10H16N4/c1-2-7-13-9-5-3-8(4-6-9)10(11)14-12/h3-6,13H,2,7,12H2,1H3,(H2,11,14). The van der Waals surface area contributed by atoms with Gasteiger partial charge in [-0.3, -0.25) is 0 Å². The Kier molecular flexibility index (Phi) is 3.79. The van der Waals surface area contributed by atoms with Gasteiger partial charge in [0.05, 0.1) is 0 Å². The van der Waals surface area contributed by atoms with Crippen molar-refractivity contribution < 1.29 is 0 Å². The predicted octanol–water partition coefficient (Wildman–Crippen LogP) is 1.09. The van der Waals surface area contributed by atoms with Crippen LogP contribution < -0.4 is 16.9 Å². The summed E-state index contributed by atoms with van der Waals surface area (Å²) < 4.78 is 0. The van der Waals surface area contributed by atoms with E-state index in [1.807, 2.05) is 24.3 Å². The average Bonchev–Trinajstić information content (AvgIpc) is 2.26. The van der Waals surface area contributed by atoms with Crippen LogP contribution in [0, 0.1) is 0 Å². The Balaban J connectivity index is 2.68. The van der Waals surface area contributed by atoms with E-state index >= 15 is 0 Å². The third-order valence-electron chi connectivity index (χ3n) is 1.90. The first-order chi connectivity index (χ1) is 6.77. The van der Waals surface area contributed by atoms with Gasteiger partial charge < -0.3 is 16.9 Å². The van der Waals surface area contributed by atoms with Gasteiger partial charge in [0.15, 0.2) is 0 Å². The minimum atomic E-state index is 0.354. The van der Waals surface area contributed by atoms with Crippen LogP contribution in [0.2, 0.25) is 0 Å². The maximum Gasteiger partial charge on any atom is 0.150 e. The van der Waals surface area contributed by atoms with Gasteiger partial charge in [-0.2, -0.15) is 5.10 Å². The van der Waals surface area contributed by atoms with Gasteiger partial charge in [-0.05, 0) is 30.7 Å². The second-order valence-corrected chi connectivity index (χ2v) is 3.02. The summed E-state index contributed by atoms with van der Waals surface area (Å²) >= 11 is 0. The zero-order chi connectivity index (χ0) is 10.4. The van der Waals surface area contributed by atoms with Gasteiger partial charge in [0.2, 0.25) is 0 Å². The minimum Gasteiger partial charge on any atom is -0.385 e. The van der Waals surface area contributed by atoms with E-state index in [0.717, 1.165) is 24.2 Å². The molecule has 0 amide bonds. The van der Waals surface area contributed by atoms with Gasteiger partial charge in [0.1, 0.15) is 5.84 Å². The van der Waals surface area contributed by atoms with Crippen molar-refractivity contribution in [2.45, 2.75) is 13.3 Å². The summed E-state index contributed by atoms with van der Waals surface area (Å²) in [5.74, 6) is 5.42. The fraction of sp³-hybridized carbons (Fsp3) is 0.300. The van der Waals surface area contributed by atoms with Crippen molar-refractivity contribution in [3.63, 3.8) is 0 Å². The molecule has 0 bridgehead atoms. The molecule has 0 aliphatic carbocycles. The third kappa shape index (κ3) is 2.65. The van der Waals surface area contributed by atoms with Crippen molar-refractivity contribution in [3.05, 3.63) is 29.8 Å². The molecule has 0 saturated carbocycles. The fourth-order valence-electron chi connectivity index (χ4n) is 1.10. The number of nitrogens with zero attached hydrogens (tertiary/aromatic N) is 1. The van der Waals surface area contributed by atoms with Crippen molar-refractivity contribution in [1.82, 2.24) is 0 Å². The van der Waals surface area contributed by atoms with Crippen molar-refractivity contribution >= 4 is 11.5 Å². The van der Waals surface area contributed by atoms with Gasteiger partial charge in [0, 0.05) is 17.8 Å². The lowest BCUT2D eigenvalue weighted by atomic mass is 10.2. The molecule has 0 spiro atoms. The van der Waals surface area contributed by atoms with Gasteiger partial charge in [-0.25, -0.2) is 0 Å². The van der Waals surface area contributed by atoms with Gasteiger partial charge in [0.25, 0.3) is 0 Å². The maximum atomic E-state index is 5.55. The first kappa shape index (κ1) is 10.4. The molecule has 0 heterocycles. The third-order valence-corrected chi connectivity index (χ3v) is 1.90. The minimum absolute atomic E-state index is 0.354. The molecule has 1 aromatic carbocycles. The van der Waals surface area contributed by atoms with E-state index in [1.54, 1.807) is 0 Å². The summed E-state index contributed by atoms with van der Waals surface area (Å²) in [6.07, 6.45) is 1.11. The number of anilines is 1. The highest BCUT2D eigenvalue weighted by molar-refractivity contribution is 5.97. The number of benzene rings is 1. The van der Waals surface area contributed by atoms with Crippen LogP contribution >= 0.6 is 0 Å². The van der Waals surface area contributed by atoms with Crippen LogP contribution in [0.25, 0.3) is 0 Å².